The maximum absolute atomic E-state index is 11.3. The minimum atomic E-state index is -0.789. The molecule has 6 nitrogen and oxygen atoms in total. The monoisotopic (exact) mass is 274 g/mol. The first-order valence-corrected chi connectivity index (χ1v) is 6.95. The average Bonchev–Trinajstić information content (AvgIpc) is 3.00. The van der Waals surface area contributed by atoms with E-state index in [1.165, 1.54) is 0 Å². The van der Waals surface area contributed by atoms with Crippen LogP contribution in [0.4, 0.5) is 0 Å². The summed E-state index contributed by atoms with van der Waals surface area (Å²) in [5.41, 5.74) is 3.56. The Morgan fingerprint density at radius 3 is 3.05 bits per heavy atom. The Hall–Kier alpha value is -2.11. The predicted octanol–water partition coefficient (Wildman–Crippen LogP) is 1.88. The lowest BCUT2D eigenvalue weighted by atomic mass is 9.90. The lowest BCUT2D eigenvalue weighted by Gasteiger charge is -2.16. The Labute approximate surface area is 116 Å². The largest absolute Gasteiger partial charge is 0.481 e. The summed E-state index contributed by atoms with van der Waals surface area (Å²) in [6.07, 6.45) is 3.28. The van der Waals surface area contributed by atoms with Gasteiger partial charge in [-0.3, -0.25) is 9.48 Å². The van der Waals surface area contributed by atoms with Gasteiger partial charge in [-0.25, -0.2) is 4.98 Å². The molecule has 0 aromatic carbocycles. The van der Waals surface area contributed by atoms with Crippen molar-refractivity contribution in [3.05, 3.63) is 23.1 Å². The number of imidazole rings is 1. The van der Waals surface area contributed by atoms with Gasteiger partial charge in [0.2, 0.25) is 0 Å². The average molecular weight is 274 g/mol. The van der Waals surface area contributed by atoms with Crippen LogP contribution in [0.1, 0.15) is 42.8 Å². The number of nitrogens with one attached hydrogen (secondary N) is 1. The number of carboxylic acid groups (broad SMARTS) is 1. The Morgan fingerprint density at radius 2 is 2.40 bits per heavy atom. The molecule has 2 N–H and O–H groups in total. The Bertz CT molecular complexity index is 656. The summed E-state index contributed by atoms with van der Waals surface area (Å²) >= 11 is 0. The number of aromatic nitrogens is 4. The van der Waals surface area contributed by atoms with Crippen LogP contribution in [0.25, 0.3) is 11.5 Å². The summed E-state index contributed by atoms with van der Waals surface area (Å²) in [5, 5.41) is 13.7. The molecular weight excluding hydrogens is 256 g/mol. The zero-order chi connectivity index (χ0) is 14.3. The number of hydrogen-bond donors (Lipinski definition) is 2. The van der Waals surface area contributed by atoms with Crippen molar-refractivity contribution < 1.29 is 9.90 Å². The van der Waals surface area contributed by atoms with Crippen LogP contribution in [0.3, 0.4) is 0 Å². The van der Waals surface area contributed by atoms with E-state index in [1.807, 2.05) is 13.1 Å². The van der Waals surface area contributed by atoms with Gasteiger partial charge in [-0.1, -0.05) is 6.92 Å². The van der Waals surface area contributed by atoms with Crippen molar-refractivity contribution in [3.63, 3.8) is 0 Å². The van der Waals surface area contributed by atoms with Crippen LogP contribution in [-0.4, -0.2) is 30.8 Å². The first kappa shape index (κ1) is 12.9. The van der Waals surface area contributed by atoms with Gasteiger partial charge in [-0.15, -0.1) is 0 Å². The lowest BCUT2D eigenvalue weighted by Crippen LogP contribution is -2.17. The number of carboxylic acids is 1. The van der Waals surface area contributed by atoms with Crippen molar-refractivity contribution in [1.29, 1.82) is 0 Å². The molecule has 1 atom stereocenters. The van der Waals surface area contributed by atoms with Crippen LogP contribution in [0.5, 0.6) is 0 Å². The molecule has 2 aromatic rings. The third kappa shape index (κ3) is 2.01. The molecule has 0 saturated carbocycles. The van der Waals surface area contributed by atoms with Crippen LogP contribution in [-0.2, 0) is 24.7 Å². The third-order valence-electron chi connectivity index (χ3n) is 3.89. The van der Waals surface area contributed by atoms with Gasteiger partial charge >= 0.3 is 5.97 Å². The molecule has 2 aromatic heterocycles. The first-order chi connectivity index (χ1) is 9.60. The SMILES string of the molecule is CCc1cc(-c2nc3c([nH]2)CCCC3C(=O)O)n(C)n1. The summed E-state index contributed by atoms with van der Waals surface area (Å²) in [6, 6.07) is 2.00. The molecule has 2 heterocycles. The van der Waals surface area contributed by atoms with Crippen molar-refractivity contribution in [2.75, 3.05) is 0 Å². The van der Waals surface area contributed by atoms with Crippen LogP contribution in [0, 0.1) is 0 Å². The quantitative estimate of drug-likeness (QED) is 0.895. The van der Waals surface area contributed by atoms with Crippen LogP contribution in [0.2, 0.25) is 0 Å². The number of rotatable bonds is 3. The lowest BCUT2D eigenvalue weighted by molar-refractivity contribution is -0.139. The highest BCUT2D eigenvalue weighted by molar-refractivity contribution is 5.76. The van der Waals surface area contributed by atoms with Crippen molar-refractivity contribution in [3.8, 4) is 11.5 Å². The molecule has 0 bridgehead atoms. The fourth-order valence-electron chi connectivity index (χ4n) is 2.80. The van der Waals surface area contributed by atoms with E-state index in [0.717, 1.165) is 42.2 Å². The normalized spacial score (nSPS) is 18.0. The fraction of sp³-hybridized carbons (Fsp3) is 0.500. The summed E-state index contributed by atoms with van der Waals surface area (Å²) in [4.78, 5) is 19.1. The zero-order valence-electron chi connectivity index (χ0n) is 11.7. The molecule has 0 aliphatic heterocycles. The van der Waals surface area contributed by atoms with Crippen molar-refractivity contribution in [2.24, 2.45) is 7.05 Å². The second-order valence-electron chi connectivity index (χ2n) is 5.23. The predicted molar refractivity (Wildman–Crippen MR) is 73.5 cm³/mol. The highest BCUT2D eigenvalue weighted by atomic mass is 16.4. The molecule has 0 radical (unpaired) electrons. The molecule has 1 aliphatic rings. The third-order valence-corrected chi connectivity index (χ3v) is 3.89. The maximum atomic E-state index is 11.3. The van der Waals surface area contributed by atoms with E-state index < -0.39 is 11.9 Å². The highest BCUT2D eigenvalue weighted by Crippen LogP contribution is 2.32. The zero-order valence-corrected chi connectivity index (χ0v) is 11.7. The van der Waals surface area contributed by atoms with E-state index in [2.05, 4.69) is 22.0 Å². The van der Waals surface area contributed by atoms with Gasteiger partial charge in [0.05, 0.1) is 11.4 Å². The van der Waals surface area contributed by atoms with Crippen LogP contribution < -0.4 is 0 Å². The van der Waals surface area contributed by atoms with Crippen LogP contribution >= 0.6 is 0 Å². The van der Waals surface area contributed by atoms with Gasteiger partial charge in [0.1, 0.15) is 11.6 Å². The molecule has 6 heteroatoms. The molecule has 1 unspecified atom stereocenters. The minimum Gasteiger partial charge on any atom is -0.481 e. The Balaban J connectivity index is 2.04. The number of hydrogen-bond acceptors (Lipinski definition) is 3. The first-order valence-electron chi connectivity index (χ1n) is 6.95. The molecule has 20 heavy (non-hydrogen) atoms. The summed E-state index contributed by atoms with van der Waals surface area (Å²) < 4.78 is 1.79. The highest BCUT2D eigenvalue weighted by Gasteiger charge is 2.30. The maximum Gasteiger partial charge on any atom is 0.312 e. The van der Waals surface area contributed by atoms with E-state index in [1.54, 1.807) is 4.68 Å². The van der Waals surface area contributed by atoms with Gasteiger partial charge in [0, 0.05) is 12.7 Å². The van der Waals surface area contributed by atoms with E-state index in [9.17, 15) is 9.90 Å². The number of carbonyl (C=O) groups is 1. The van der Waals surface area contributed by atoms with Crippen molar-refractivity contribution >= 4 is 5.97 Å². The molecule has 106 valence electrons. The van der Waals surface area contributed by atoms with E-state index in [0.29, 0.717) is 12.1 Å². The van der Waals surface area contributed by atoms with Gasteiger partial charge in [-0.05, 0) is 31.7 Å². The standard InChI is InChI=1S/C14H18N4O2/c1-3-8-7-11(18(2)17-8)13-15-10-6-4-5-9(14(19)20)12(10)16-13/h7,9H,3-6H2,1-2H3,(H,15,16)(H,19,20). The van der Waals surface area contributed by atoms with Gasteiger partial charge < -0.3 is 10.1 Å². The topological polar surface area (TPSA) is 83.8 Å². The number of aromatic amines is 1. The molecule has 0 amide bonds. The van der Waals surface area contributed by atoms with Crippen LogP contribution in [0.15, 0.2) is 6.07 Å². The van der Waals surface area contributed by atoms with Gasteiger partial charge in [-0.2, -0.15) is 5.10 Å². The molecule has 3 rings (SSSR count). The summed E-state index contributed by atoms with van der Waals surface area (Å²) in [6.45, 7) is 2.06. The van der Waals surface area contributed by atoms with Crippen molar-refractivity contribution in [1.82, 2.24) is 19.7 Å². The minimum absolute atomic E-state index is 0.484. The smallest absolute Gasteiger partial charge is 0.312 e. The fourth-order valence-corrected chi connectivity index (χ4v) is 2.80. The van der Waals surface area contributed by atoms with E-state index in [4.69, 9.17) is 0 Å². The second-order valence-corrected chi connectivity index (χ2v) is 5.23. The number of H-pyrrole nitrogens is 1. The second kappa shape index (κ2) is 4.77. The van der Waals surface area contributed by atoms with E-state index >= 15 is 0 Å². The molecule has 0 fully saturated rings. The number of nitrogens with zero attached hydrogens (tertiary/aromatic N) is 3. The molecular formula is C14H18N4O2. The number of aliphatic carboxylic acids is 1. The molecule has 0 spiro atoms. The van der Waals surface area contributed by atoms with Crippen molar-refractivity contribution in [2.45, 2.75) is 38.5 Å². The number of aryl methyl sites for hydroxylation is 3. The summed E-state index contributed by atoms with van der Waals surface area (Å²) in [5.74, 6) is -0.552. The summed E-state index contributed by atoms with van der Waals surface area (Å²) in [7, 11) is 1.88. The Morgan fingerprint density at radius 1 is 1.60 bits per heavy atom. The van der Waals surface area contributed by atoms with Gasteiger partial charge in [0.25, 0.3) is 0 Å². The van der Waals surface area contributed by atoms with E-state index in [-0.39, 0.29) is 0 Å². The number of fused-ring (bicyclic) bond motifs is 1. The molecule has 1 aliphatic carbocycles. The Kier molecular flexibility index (Phi) is 3.08. The molecule has 0 saturated heterocycles. The van der Waals surface area contributed by atoms with Gasteiger partial charge in [0.15, 0.2) is 5.82 Å².